The number of thioether (sulfide) groups is 1. The first kappa shape index (κ1) is 16.3. The van der Waals surface area contributed by atoms with Gasteiger partial charge in [-0.15, -0.1) is 0 Å². The summed E-state index contributed by atoms with van der Waals surface area (Å²) in [4.78, 5) is 14.0. The molecule has 1 aromatic carbocycles. The van der Waals surface area contributed by atoms with Crippen molar-refractivity contribution in [1.29, 1.82) is 0 Å². The van der Waals surface area contributed by atoms with Crippen LogP contribution in [0.1, 0.15) is 37.5 Å². The van der Waals surface area contributed by atoms with Crippen LogP contribution in [0.25, 0.3) is 0 Å². The molecular weight excluding hydrogens is 292 g/mol. The number of halogens is 2. The zero-order valence-electron chi connectivity index (χ0n) is 12.4. The van der Waals surface area contributed by atoms with Gasteiger partial charge < -0.3 is 4.90 Å². The van der Waals surface area contributed by atoms with Gasteiger partial charge in [0.05, 0.1) is 0 Å². The number of amides is 1. The van der Waals surface area contributed by atoms with Crippen molar-refractivity contribution in [3.8, 4) is 0 Å². The molecule has 5 heteroatoms. The Labute approximate surface area is 128 Å². The zero-order chi connectivity index (χ0) is 15.4. The highest BCUT2D eigenvalue weighted by molar-refractivity contribution is 7.99. The number of carbonyl (C=O) groups excluding carboxylic acids is 1. The molecule has 0 N–H and O–H groups in total. The lowest BCUT2D eigenvalue weighted by atomic mass is 10.1. The maximum absolute atomic E-state index is 13.9. The summed E-state index contributed by atoms with van der Waals surface area (Å²) in [5.74, 6) is 0.473. The highest BCUT2D eigenvalue weighted by Gasteiger charge is 2.24. The van der Waals surface area contributed by atoms with E-state index in [1.165, 1.54) is 12.1 Å². The van der Waals surface area contributed by atoms with Crippen molar-refractivity contribution in [3.63, 3.8) is 0 Å². The van der Waals surface area contributed by atoms with Crippen LogP contribution >= 0.6 is 11.8 Å². The Kier molecular flexibility index (Phi) is 5.62. The minimum absolute atomic E-state index is 0.0856. The molecule has 0 bridgehead atoms. The Hall–Kier alpha value is -1.10. The summed E-state index contributed by atoms with van der Waals surface area (Å²) in [7, 11) is 0. The first-order chi connectivity index (χ1) is 9.97. The van der Waals surface area contributed by atoms with Crippen molar-refractivity contribution in [1.82, 2.24) is 4.90 Å². The molecule has 0 aromatic heterocycles. The van der Waals surface area contributed by atoms with E-state index in [4.69, 9.17) is 0 Å². The SMILES string of the molecule is CC(C)CC(=O)N1CCSC(c2cc(F)ccc2F)CC1. The second-order valence-electron chi connectivity index (χ2n) is 5.79. The average molecular weight is 313 g/mol. The van der Waals surface area contributed by atoms with Crippen molar-refractivity contribution >= 4 is 17.7 Å². The lowest BCUT2D eigenvalue weighted by Gasteiger charge is -2.21. The summed E-state index contributed by atoms with van der Waals surface area (Å²) >= 11 is 1.60. The third kappa shape index (κ3) is 4.43. The Morgan fingerprint density at radius 1 is 1.38 bits per heavy atom. The average Bonchev–Trinajstić information content (AvgIpc) is 2.66. The van der Waals surface area contributed by atoms with Crippen LogP contribution in [0.3, 0.4) is 0 Å². The van der Waals surface area contributed by atoms with Crippen LogP contribution in [-0.4, -0.2) is 29.6 Å². The van der Waals surface area contributed by atoms with Gasteiger partial charge in [-0.3, -0.25) is 4.79 Å². The van der Waals surface area contributed by atoms with Crippen LogP contribution in [0.4, 0.5) is 8.78 Å². The number of carbonyl (C=O) groups is 1. The predicted molar refractivity (Wildman–Crippen MR) is 82.2 cm³/mol. The van der Waals surface area contributed by atoms with Gasteiger partial charge in [0.2, 0.25) is 5.91 Å². The minimum atomic E-state index is -0.413. The van der Waals surface area contributed by atoms with Crippen LogP contribution in [0.5, 0.6) is 0 Å². The van der Waals surface area contributed by atoms with Crippen molar-refractivity contribution in [2.45, 2.75) is 31.9 Å². The third-order valence-corrected chi connectivity index (χ3v) is 4.89. The standard InChI is InChI=1S/C16H21F2NOS/c1-11(2)9-16(20)19-6-5-15(21-8-7-19)13-10-12(17)3-4-14(13)18/h3-4,10-11,15H,5-9H2,1-2H3. The molecular formula is C16H21F2NOS. The molecule has 0 aliphatic carbocycles. The normalized spacial score (nSPS) is 19.7. The monoisotopic (exact) mass is 313 g/mol. The smallest absolute Gasteiger partial charge is 0.222 e. The van der Waals surface area contributed by atoms with Crippen LogP contribution in [0.15, 0.2) is 18.2 Å². The second kappa shape index (κ2) is 7.25. The van der Waals surface area contributed by atoms with Crippen molar-refractivity contribution < 1.29 is 13.6 Å². The van der Waals surface area contributed by atoms with E-state index < -0.39 is 5.82 Å². The van der Waals surface area contributed by atoms with Crippen molar-refractivity contribution in [2.24, 2.45) is 5.92 Å². The molecule has 1 amide bonds. The molecule has 1 atom stereocenters. The fourth-order valence-electron chi connectivity index (χ4n) is 2.51. The summed E-state index contributed by atoms with van der Waals surface area (Å²) in [6.07, 6.45) is 1.21. The first-order valence-electron chi connectivity index (χ1n) is 7.31. The maximum atomic E-state index is 13.9. The van der Waals surface area contributed by atoms with E-state index in [1.807, 2.05) is 18.7 Å². The van der Waals surface area contributed by atoms with Gasteiger partial charge in [0, 0.05) is 36.1 Å². The van der Waals surface area contributed by atoms with Crippen LogP contribution in [-0.2, 0) is 4.79 Å². The Morgan fingerprint density at radius 3 is 2.86 bits per heavy atom. The van der Waals surface area contributed by atoms with E-state index in [0.29, 0.717) is 37.4 Å². The predicted octanol–water partition coefficient (Wildman–Crippen LogP) is 4.02. The van der Waals surface area contributed by atoms with Gasteiger partial charge in [-0.25, -0.2) is 8.78 Å². The van der Waals surface area contributed by atoms with E-state index in [2.05, 4.69) is 0 Å². The van der Waals surface area contributed by atoms with Gasteiger partial charge >= 0.3 is 0 Å². The Bertz CT molecular complexity index is 507. The topological polar surface area (TPSA) is 20.3 Å². The van der Waals surface area contributed by atoms with E-state index in [9.17, 15) is 13.6 Å². The van der Waals surface area contributed by atoms with E-state index in [1.54, 1.807) is 11.8 Å². The molecule has 1 unspecified atom stereocenters. The summed E-state index contributed by atoms with van der Waals surface area (Å²) < 4.78 is 27.2. The molecule has 2 nitrogen and oxygen atoms in total. The van der Waals surface area contributed by atoms with E-state index >= 15 is 0 Å². The van der Waals surface area contributed by atoms with Gasteiger partial charge in [-0.05, 0) is 30.5 Å². The van der Waals surface area contributed by atoms with E-state index in [-0.39, 0.29) is 17.0 Å². The molecule has 116 valence electrons. The largest absolute Gasteiger partial charge is 0.342 e. The van der Waals surface area contributed by atoms with Gasteiger partial charge in [0.15, 0.2) is 0 Å². The summed E-state index contributed by atoms with van der Waals surface area (Å²) in [5.41, 5.74) is 0.415. The quantitative estimate of drug-likeness (QED) is 0.840. The van der Waals surface area contributed by atoms with Crippen LogP contribution in [0.2, 0.25) is 0 Å². The Morgan fingerprint density at radius 2 is 2.14 bits per heavy atom. The molecule has 21 heavy (non-hydrogen) atoms. The maximum Gasteiger partial charge on any atom is 0.222 e. The fourth-order valence-corrected chi connectivity index (χ4v) is 3.75. The fraction of sp³-hybridized carbons (Fsp3) is 0.562. The summed E-state index contributed by atoms with van der Waals surface area (Å²) in [5, 5.41) is -0.0856. The molecule has 1 aliphatic heterocycles. The zero-order valence-corrected chi connectivity index (χ0v) is 13.3. The molecule has 1 aliphatic rings. The molecule has 0 radical (unpaired) electrons. The molecule has 1 fully saturated rings. The highest BCUT2D eigenvalue weighted by Crippen LogP contribution is 2.36. The summed E-state index contributed by atoms with van der Waals surface area (Å²) in [6.45, 7) is 5.34. The molecule has 1 heterocycles. The van der Waals surface area contributed by atoms with Gasteiger partial charge in [0.25, 0.3) is 0 Å². The molecule has 1 aromatic rings. The van der Waals surface area contributed by atoms with Crippen LogP contribution < -0.4 is 0 Å². The second-order valence-corrected chi connectivity index (χ2v) is 7.10. The number of hydrogen-bond donors (Lipinski definition) is 0. The van der Waals surface area contributed by atoms with E-state index in [0.717, 1.165) is 11.8 Å². The molecule has 1 saturated heterocycles. The molecule has 2 rings (SSSR count). The van der Waals surface area contributed by atoms with Gasteiger partial charge in [0.1, 0.15) is 11.6 Å². The number of benzene rings is 1. The number of nitrogens with zero attached hydrogens (tertiary/aromatic N) is 1. The van der Waals surface area contributed by atoms with Crippen molar-refractivity contribution in [3.05, 3.63) is 35.4 Å². The molecule has 0 saturated carbocycles. The molecule has 0 spiro atoms. The van der Waals surface area contributed by atoms with Gasteiger partial charge in [-0.2, -0.15) is 11.8 Å². The first-order valence-corrected chi connectivity index (χ1v) is 8.36. The van der Waals surface area contributed by atoms with Crippen molar-refractivity contribution in [2.75, 3.05) is 18.8 Å². The lowest BCUT2D eigenvalue weighted by molar-refractivity contribution is -0.131. The van der Waals surface area contributed by atoms with Crippen LogP contribution in [0, 0.1) is 17.6 Å². The third-order valence-electron chi connectivity index (χ3n) is 3.58. The Balaban J connectivity index is 2.03. The lowest BCUT2D eigenvalue weighted by Crippen LogP contribution is -2.33. The van der Waals surface area contributed by atoms with Gasteiger partial charge in [-0.1, -0.05) is 13.8 Å². The summed E-state index contributed by atoms with van der Waals surface area (Å²) in [6, 6.07) is 3.59. The number of rotatable bonds is 3. The number of hydrogen-bond acceptors (Lipinski definition) is 2. The minimum Gasteiger partial charge on any atom is -0.342 e. The highest BCUT2D eigenvalue weighted by atomic mass is 32.2.